The second-order valence-electron chi connectivity index (χ2n) is 19.6. The van der Waals surface area contributed by atoms with Gasteiger partial charge in [0.1, 0.15) is 5.58 Å². The number of hydrogen-bond donors (Lipinski definition) is 0. The second-order valence-corrected chi connectivity index (χ2v) is 24.7. The first-order valence-electron chi connectivity index (χ1n) is 23.8. The molecule has 0 N–H and O–H groups in total. The number of aromatic nitrogens is 3. The van der Waals surface area contributed by atoms with Crippen LogP contribution in [0.5, 0.6) is 0 Å². The van der Waals surface area contributed by atoms with E-state index in [1.807, 2.05) is 36.5 Å². The van der Waals surface area contributed by atoms with Crippen molar-refractivity contribution in [2.45, 2.75) is 59.2 Å². The molecule has 1 radical (unpaired) electrons. The molecule has 12 aromatic rings. The first-order valence-corrected chi connectivity index (χ1v) is 27.3. The largest absolute Gasteiger partial charge is 0.501 e. The van der Waals surface area contributed by atoms with Crippen LogP contribution >= 0.6 is 0 Å². The van der Waals surface area contributed by atoms with Crippen LogP contribution in [0.15, 0.2) is 187 Å². The zero-order valence-corrected chi connectivity index (χ0v) is 43.5. The van der Waals surface area contributed by atoms with Crippen molar-refractivity contribution in [1.82, 2.24) is 14.5 Å². The van der Waals surface area contributed by atoms with Crippen molar-refractivity contribution in [3.8, 4) is 39.5 Å². The van der Waals surface area contributed by atoms with Gasteiger partial charge in [-0.15, -0.1) is 54.1 Å². The van der Waals surface area contributed by atoms with Gasteiger partial charge in [0.15, 0.2) is 0 Å². The fraction of sp³-hybridized carbons (Fsp3) is 0.143. The minimum absolute atomic E-state index is 0. The number of nitrogens with zero attached hydrogens (tertiary/aromatic N) is 3. The molecule has 0 aliphatic carbocycles. The van der Waals surface area contributed by atoms with Crippen LogP contribution < -0.4 is 5.19 Å². The Morgan fingerprint density at radius 1 is 0.551 bits per heavy atom. The third-order valence-electron chi connectivity index (χ3n) is 13.4. The second kappa shape index (κ2) is 18.5. The van der Waals surface area contributed by atoms with Crippen LogP contribution in [0.3, 0.4) is 0 Å². The van der Waals surface area contributed by atoms with Crippen molar-refractivity contribution in [3.05, 3.63) is 205 Å². The zero-order valence-electron chi connectivity index (χ0n) is 40.1. The molecule has 0 amide bonds. The Morgan fingerprint density at radius 3 is 1.90 bits per heavy atom. The van der Waals surface area contributed by atoms with E-state index in [1.165, 1.54) is 65.4 Å². The standard InChI is InChI=1S/C49H37N2O.C14H16NSi.Ir/c1-29(2)40-26-35(31-13-6-5-7-14-31)27-41(30(3)4)46(40)51-47-37-18-11-9-16-33(37)23-24-44(47)50-49(51)39-20-12-19-38-43-25-34-22-21-32-15-8-10-17-36(32)42(34)28-45(43)52-48(38)39;1-16(2,3)13-9-10-14(15-11-13)12-7-5-4-6-8-12;/h5-19,21-30H,1-4H3;4-7,9-11H,1-3H3;/q2*-1;. The zero-order chi connectivity index (χ0) is 46.7. The van der Waals surface area contributed by atoms with Crippen molar-refractivity contribution in [1.29, 1.82) is 0 Å². The van der Waals surface area contributed by atoms with E-state index in [4.69, 9.17) is 9.40 Å². The summed E-state index contributed by atoms with van der Waals surface area (Å²) < 4.78 is 9.35. The molecule has 0 aliphatic rings. The molecular weight excluding hydrogens is 1040 g/mol. The van der Waals surface area contributed by atoms with Gasteiger partial charge in [-0.2, -0.15) is 0 Å². The first kappa shape index (κ1) is 45.8. The molecule has 0 fully saturated rings. The molecule has 4 nitrogen and oxygen atoms in total. The van der Waals surface area contributed by atoms with Crippen molar-refractivity contribution < 1.29 is 24.5 Å². The van der Waals surface area contributed by atoms with E-state index in [9.17, 15) is 0 Å². The Balaban J connectivity index is 0.000000277. The molecule has 0 bridgehead atoms. The molecule has 0 spiro atoms. The van der Waals surface area contributed by atoms with Crippen molar-refractivity contribution in [3.63, 3.8) is 0 Å². The van der Waals surface area contributed by atoms with Gasteiger partial charge in [0.2, 0.25) is 0 Å². The summed E-state index contributed by atoms with van der Waals surface area (Å²) in [7, 11) is -1.23. The Kier molecular flexibility index (Phi) is 12.3. The van der Waals surface area contributed by atoms with Gasteiger partial charge in [0, 0.05) is 42.8 Å². The van der Waals surface area contributed by atoms with E-state index in [0.29, 0.717) is 0 Å². The fourth-order valence-electron chi connectivity index (χ4n) is 9.80. The SMILES string of the molecule is CC(C)c1cc(-c2ccccc2)cc(C(C)C)c1-n1c(-c2[c-]ccc3c2oc2cc4c(ccc5ccccc54)cc23)nc2ccc3ccccc3c21.C[Si](C)(C)c1ccc(-c2[c-]cccc2)nc1.[Ir]. The molecule has 0 saturated carbocycles. The normalized spacial score (nSPS) is 11.8. The number of benzene rings is 9. The van der Waals surface area contributed by atoms with Crippen LogP contribution in [0.1, 0.15) is 50.7 Å². The van der Waals surface area contributed by atoms with Gasteiger partial charge in [-0.05, 0) is 102 Å². The average molecular weight is 1090 g/mol. The van der Waals surface area contributed by atoms with Gasteiger partial charge in [0.25, 0.3) is 0 Å². The van der Waals surface area contributed by atoms with Gasteiger partial charge in [0.05, 0.1) is 30.5 Å². The molecule has 6 heteroatoms. The summed E-state index contributed by atoms with van der Waals surface area (Å²) in [6, 6.07) is 69.2. The molecule has 0 aliphatic heterocycles. The summed E-state index contributed by atoms with van der Waals surface area (Å²) in [6.45, 7) is 16.2. The van der Waals surface area contributed by atoms with Gasteiger partial charge in [-0.1, -0.05) is 167 Å². The topological polar surface area (TPSA) is 43.9 Å². The number of furan rings is 1. The van der Waals surface area contributed by atoms with Gasteiger partial charge < -0.3 is 14.0 Å². The van der Waals surface area contributed by atoms with Crippen molar-refractivity contribution in [2.24, 2.45) is 0 Å². The number of pyridine rings is 1. The van der Waals surface area contributed by atoms with Crippen LogP contribution in [0.2, 0.25) is 19.6 Å². The Labute approximate surface area is 419 Å². The van der Waals surface area contributed by atoms with Crippen LogP contribution in [0, 0.1) is 12.1 Å². The maximum Gasteiger partial charge on any atom is 0.121 e. The number of fused-ring (bicyclic) bond motifs is 9. The van der Waals surface area contributed by atoms with Gasteiger partial charge >= 0.3 is 0 Å². The summed E-state index contributed by atoms with van der Waals surface area (Å²) in [6.07, 6.45) is 2.02. The number of imidazole rings is 1. The van der Waals surface area contributed by atoms with E-state index >= 15 is 0 Å². The van der Waals surface area contributed by atoms with Crippen LogP contribution in [-0.2, 0) is 20.1 Å². The third kappa shape index (κ3) is 8.41. The average Bonchev–Trinajstić information content (AvgIpc) is 3.94. The first-order chi connectivity index (χ1) is 33.0. The van der Waals surface area contributed by atoms with E-state index in [1.54, 1.807) is 0 Å². The fourth-order valence-corrected chi connectivity index (χ4v) is 10.8. The minimum Gasteiger partial charge on any atom is -0.501 e. The molecule has 0 atom stereocenters. The summed E-state index contributed by atoms with van der Waals surface area (Å²) >= 11 is 0. The monoisotopic (exact) mass is 1090 g/mol. The molecule has 69 heavy (non-hydrogen) atoms. The molecule has 9 aromatic carbocycles. The van der Waals surface area contributed by atoms with Crippen LogP contribution in [0.4, 0.5) is 0 Å². The number of rotatable bonds is 7. The van der Waals surface area contributed by atoms with Crippen molar-refractivity contribution in [2.75, 3.05) is 0 Å². The maximum atomic E-state index is 6.92. The molecular formula is C63H53IrN3OSi-2. The Hall–Kier alpha value is -6.95. The molecule has 12 rings (SSSR count). The van der Waals surface area contributed by atoms with E-state index in [2.05, 4.69) is 215 Å². The summed E-state index contributed by atoms with van der Waals surface area (Å²) in [5.74, 6) is 1.34. The van der Waals surface area contributed by atoms with E-state index < -0.39 is 8.07 Å². The maximum absolute atomic E-state index is 6.92. The van der Waals surface area contributed by atoms with Gasteiger partial charge in [-0.3, -0.25) is 4.98 Å². The number of hydrogen-bond acceptors (Lipinski definition) is 3. The van der Waals surface area contributed by atoms with E-state index in [-0.39, 0.29) is 31.9 Å². The van der Waals surface area contributed by atoms with Gasteiger partial charge in [-0.25, -0.2) is 0 Å². The minimum atomic E-state index is -1.23. The smallest absolute Gasteiger partial charge is 0.121 e. The summed E-state index contributed by atoms with van der Waals surface area (Å²) in [4.78, 5) is 10.00. The molecule has 3 heterocycles. The predicted octanol–water partition coefficient (Wildman–Crippen LogP) is 16.9. The van der Waals surface area contributed by atoms with Crippen LogP contribution in [-0.4, -0.2) is 22.6 Å². The molecule has 341 valence electrons. The molecule has 0 unspecified atom stereocenters. The summed E-state index contributed by atoms with van der Waals surface area (Å²) in [5, 5.41) is 10.8. The van der Waals surface area contributed by atoms with Crippen molar-refractivity contribution >= 4 is 78.5 Å². The quantitative estimate of drug-likeness (QED) is 0.0907. The Bertz CT molecular complexity index is 3800. The van der Waals surface area contributed by atoms with Crippen LogP contribution in [0.25, 0.3) is 105 Å². The summed E-state index contributed by atoms with van der Waals surface area (Å²) in [5.41, 5.74) is 12.9. The Morgan fingerprint density at radius 2 is 1.22 bits per heavy atom. The third-order valence-corrected chi connectivity index (χ3v) is 15.4. The molecule has 0 saturated heterocycles. The molecule has 3 aromatic heterocycles. The van der Waals surface area contributed by atoms with E-state index in [0.717, 1.165) is 55.6 Å². The predicted molar refractivity (Wildman–Crippen MR) is 290 cm³/mol.